The number of aromatic nitrogens is 2. The van der Waals surface area contributed by atoms with Crippen LogP contribution in [0, 0.1) is 5.92 Å². The molecular weight excluding hydrogens is 360 g/mol. The van der Waals surface area contributed by atoms with E-state index in [4.69, 9.17) is 0 Å². The molecule has 6 nitrogen and oxygen atoms in total. The van der Waals surface area contributed by atoms with E-state index in [2.05, 4.69) is 22.4 Å². The fourth-order valence-corrected chi connectivity index (χ4v) is 5.41. The molecule has 1 aromatic carbocycles. The van der Waals surface area contributed by atoms with Gasteiger partial charge in [0, 0.05) is 38.3 Å². The molecule has 2 aliphatic rings. The Balaban J connectivity index is 1.49. The summed E-state index contributed by atoms with van der Waals surface area (Å²) in [6, 6.07) is 10.4. The Kier molecular flexibility index (Phi) is 5.34. The largest absolute Gasteiger partial charge is 0.339 e. The number of hydrogen-bond acceptors (Lipinski definition) is 4. The zero-order valence-corrected chi connectivity index (χ0v) is 16.6. The van der Waals surface area contributed by atoms with Gasteiger partial charge in [-0.05, 0) is 30.9 Å². The molecule has 2 unspecified atom stereocenters. The van der Waals surface area contributed by atoms with E-state index >= 15 is 0 Å². The average molecular weight is 389 g/mol. The molecule has 146 valence electrons. The van der Waals surface area contributed by atoms with Crippen LogP contribution in [-0.2, 0) is 17.1 Å². The summed E-state index contributed by atoms with van der Waals surface area (Å²) in [5.41, 5.74) is 1.19. The zero-order chi connectivity index (χ0) is 18.9. The first-order valence-corrected chi connectivity index (χ1v) is 11.2. The number of imidazole rings is 1. The molecule has 0 radical (unpaired) electrons. The smallest absolute Gasteiger partial charge is 0.262 e. The fraction of sp³-hybridized carbons (Fsp3) is 0.550. The summed E-state index contributed by atoms with van der Waals surface area (Å²) < 4.78 is 29.3. The van der Waals surface area contributed by atoms with E-state index in [0.29, 0.717) is 13.1 Å². The van der Waals surface area contributed by atoms with E-state index in [0.717, 1.165) is 18.9 Å². The highest BCUT2D eigenvalue weighted by molar-refractivity contribution is 7.89. The molecule has 2 fully saturated rings. The highest BCUT2D eigenvalue weighted by Crippen LogP contribution is 2.34. The van der Waals surface area contributed by atoms with Crippen molar-refractivity contribution in [3.8, 4) is 0 Å². The summed E-state index contributed by atoms with van der Waals surface area (Å²) in [5, 5.41) is 3.77. The van der Waals surface area contributed by atoms with Crippen LogP contribution in [0.4, 0.5) is 0 Å². The Hall–Kier alpha value is -1.70. The van der Waals surface area contributed by atoms with Crippen molar-refractivity contribution in [2.75, 3.05) is 19.6 Å². The molecule has 1 saturated carbocycles. The summed E-state index contributed by atoms with van der Waals surface area (Å²) in [4.78, 5) is 4.07. The Morgan fingerprint density at radius 2 is 1.96 bits per heavy atom. The third-order valence-corrected chi connectivity index (χ3v) is 7.41. The molecule has 0 spiro atoms. The minimum Gasteiger partial charge on any atom is -0.339 e. The quantitative estimate of drug-likeness (QED) is 0.705. The van der Waals surface area contributed by atoms with E-state index in [1.807, 2.05) is 18.2 Å². The maximum absolute atomic E-state index is 13.0. The number of benzene rings is 1. The van der Waals surface area contributed by atoms with E-state index < -0.39 is 10.0 Å². The predicted molar refractivity (Wildman–Crippen MR) is 105 cm³/mol. The van der Waals surface area contributed by atoms with E-state index in [9.17, 15) is 8.42 Å². The number of nitrogens with one attached hydrogen (secondary N) is 1. The summed E-state index contributed by atoms with van der Waals surface area (Å²) in [6.07, 6.45) is 8.31. The molecule has 2 atom stereocenters. The second-order valence-corrected chi connectivity index (χ2v) is 9.75. The Morgan fingerprint density at radius 3 is 2.63 bits per heavy atom. The fourth-order valence-electron chi connectivity index (χ4n) is 3.95. The SMILES string of the molecule is Cn1cnc(S(=O)(=O)N2CC(NCCCC3CC3)C(c3ccccc3)C2)c1. The molecular formula is C20H28N4O2S. The van der Waals surface area contributed by atoms with Crippen LogP contribution < -0.4 is 5.32 Å². The maximum atomic E-state index is 13.0. The van der Waals surface area contributed by atoms with E-state index in [1.165, 1.54) is 31.2 Å². The number of rotatable bonds is 8. The lowest BCUT2D eigenvalue weighted by atomic mass is 9.94. The Morgan fingerprint density at radius 1 is 1.19 bits per heavy atom. The number of aryl methyl sites for hydroxylation is 1. The Labute approximate surface area is 161 Å². The minimum absolute atomic E-state index is 0.130. The normalized spacial score (nSPS) is 23.7. The van der Waals surface area contributed by atoms with Crippen LogP contribution in [-0.4, -0.2) is 48.0 Å². The summed E-state index contributed by atoms with van der Waals surface area (Å²) in [6.45, 7) is 1.92. The molecule has 7 heteroatoms. The standard InChI is InChI=1S/C20H28N4O2S/c1-23-14-20(22-15-23)27(25,26)24-12-18(17-7-3-2-4-8-17)19(13-24)21-11-5-6-16-9-10-16/h2-4,7-8,14-16,18-19,21H,5-6,9-13H2,1H3. The third kappa shape index (κ3) is 4.25. The van der Waals surface area contributed by atoms with Crippen LogP contribution in [0.25, 0.3) is 0 Å². The monoisotopic (exact) mass is 388 g/mol. The van der Waals surface area contributed by atoms with Gasteiger partial charge in [0.05, 0.1) is 6.33 Å². The molecule has 1 saturated heterocycles. The van der Waals surface area contributed by atoms with Crippen molar-refractivity contribution in [1.29, 1.82) is 0 Å². The van der Waals surface area contributed by atoms with Crippen molar-refractivity contribution in [2.24, 2.45) is 13.0 Å². The highest BCUT2D eigenvalue weighted by atomic mass is 32.2. The molecule has 1 aliphatic heterocycles. The van der Waals surface area contributed by atoms with Gasteiger partial charge in [-0.3, -0.25) is 0 Å². The van der Waals surface area contributed by atoms with Crippen LogP contribution >= 0.6 is 0 Å². The van der Waals surface area contributed by atoms with Gasteiger partial charge in [0.25, 0.3) is 10.0 Å². The van der Waals surface area contributed by atoms with Crippen molar-refractivity contribution in [2.45, 2.75) is 42.7 Å². The lowest BCUT2D eigenvalue weighted by Gasteiger charge is -2.20. The molecule has 4 rings (SSSR count). The van der Waals surface area contributed by atoms with Gasteiger partial charge in [0.1, 0.15) is 0 Å². The molecule has 1 aliphatic carbocycles. The van der Waals surface area contributed by atoms with Crippen molar-refractivity contribution in [1.82, 2.24) is 19.2 Å². The van der Waals surface area contributed by atoms with Gasteiger partial charge in [-0.1, -0.05) is 43.2 Å². The van der Waals surface area contributed by atoms with Crippen LogP contribution in [0.5, 0.6) is 0 Å². The molecule has 2 heterocycles. The van der Waals surface area contributed by atoms with Gasteiger partial charge in [-0.15, -0.1) is 0 Å². The molecule has 1 aromatic heterocycles. The van der Waals surface area contributed by atoms with Gasteiger partial charge < -0.3 is 9.88 Å². The van der Waals surface area contributed by atoms with Gasteiger partial charge in [0.15, 0.2) is 5.03 Å². The average Bonchev–Trinajstić information content (AvgIpc) is 3.21. The third-order valence-electron chi connectivity index (χ3n) is 5.69. The van der Waals surface area contributed by atoms with Gasteiger partial charge in [-0.2, -0.15) is 4.31 Å². The van der Waals surface area contributed by atoms with Crippen LogP contribution in [0.15, 0.2) is 47.9 Å². The van der Waals surface area contributed by atoms with Gasteiger partial charge in [-0.25, -0.2) is 13.4 Å². The second kappa shape index (κ2) is 7.73. The van der Waals surface area contributed by atoms with Crippen LogP contribution in [0.1, 0.15) is 37.2 Å². The summed E-state index contributed by atoms with van der Waals surface area (Å²) in [5.74, 6) is 1.09. The van der Waals surface area contributed by atoms with E-state index in [-0.39, 0.29) is 17.0 Å². The van der Waals surface area contributed by atoms with Crippen LogP contribution in [0.2, 0.25) is 0 Å². The van der Waals surface area contributed by atoms with E-state index in [1.54, 1.807) is 22.1 Å². The maximum Gasteiger partial charge on any atom is 0.262 e. The first-order valence-electron chi connectivity index (χ1n) is 9.80. The van der Waals surface area contributed by atoms with Crippen molar-refractivity contribution < 1.29 is 8.42 Å². The summed E-state index contributed by atoms with van der Waals surface area (Å²) >= 11 is 0. The first kappa shape index (κ1) is 18.7. The van der Waals surface area contributed by atoms with Crippen molar-refractivity contribution >= 4 is 10.0 Å². The molecule has 0 bridgehead atoms. The van der Waals surface area contributed by atoms with Gasteiger partial charge >= 0.3 is 0 Å². The van der Waals surface area contributed by atoms with Crippen molar-refractivity contribution in [3.63, 3.8) is 0 Å². The molecule has 2 aromatic rings. The summed E-state index contributed by atoms with van der Waals surface area (Å²) in [7, 11) is -1.78. The molecule has 1 N–H and O–H groups in total. The predicted octanol–water partition coefficient (Wildman–Crippen LogP) is 2.36. The van der Waals surface area contributed by atoms with Gasteiger partial charge in [0.2, 0.25) is 0 Å². The minimum atomic E-state index is -3.56. The number of nitrogens with zero attached hydrogens (tertiary/aromatic N) is 3. The highest BCUT2D eigenvalue weighted by Gasteiger charge is 2.40. The molecule has 27 heavy (non-hydrogen) atoms. The Bertz CT molecular complexity index is 861. The van der Waals surface area contributed by atoms with Crippen molar-refractivity contribution in [3.05, 3.63) is 48.4 Å². The number of hydrogen-bond donors (Lipinski definition) is 1. The first-order chi connectivity index (χ1) is 13.0. The molecule has 0 amide bonds. The van der Waals surface area contributed by atoms with Crippen LogP contribution in [0.3, 0.4) is 0 Å². The lowest BCUT2D eigenvalue weighted by molar-refractivity contribution is 0.449. The number of sulfonamides is 1. The lowest BCUT2D eigenvalue weighted by Crippen LogP contribution is -2.37. The zero-order valence-electron chi connectivity index (χ0n) is 15.8. The second-order valence-electron chi connectivity index (χ2n) is 7.86. The topological polar surface area (TPSA) is 67.2 Å².